The van der Waals surface area contributed by atoms with E-state index < -0.39 is 0 Å². The summed E-state index contributed by atoms with van der Waals surface area (Å²) in [5.41, 5.74) is 7.05. The lowest BCUT2D eigenvalue weighted by Crippen LogP contribution is -2.37. The van der Waals surface area contributed by atoms with Gasteiger partial charge in [0.15, 0.2) is 0 Å². The Hall–Kier alpha value is -1.13. The Morgan fingerprint density at radius 2 is 2.21 bits per heavy atom. The van der Waals surface area contributed by atoms with Crippen LogP contribution in [0.25, 0.3) is 0 Å². The van der Waals surface area contributed by atoms with E-state index in [0.29, 0.717) is 18.9 Å². The second-order valence-electron chi connectivity index (χ2n) is 5.63. The van der Waals surface area contributed by atoms with Gasteiger partial charge in [-0.25, -0.2) is 4.39 Å². The zero-order chi connectivity index (χ0) is 13.9. The summed E-state index contributed by atoms with van der Waals surface area (Å²) in [7, 11) is 4.12. The minimum atomic E-state index is -0.251. The van der Waals surface area contributed by atoms with E-state index in [9.17, 15) is 4.39 Å². The Morgan fingerprint density at radius 3 is 2.89 bits per heavy atom. The molecule has 2 N–H and O–H groups in total. The normalized spacial score (nSPS) is 22.8. The number of hydrogen-bond acceptors (Lipinski definition) is 3. The molecule has 0 amide bonds. The second-order valence-corrected chi connectivity index (χ2v) is 5.63. The molecule has 2 rings (SSSR count). The van der Waals surface area contributed by atoms with Gasteiger partial charge in [0, 0.05) is 23.6 Å². The number of ether oxygens (including phenoxy) is 1. The molecule has 0 aliphatic carbocycles. The standard InChI is InChI=1S/C15H23FN2O/c1-18(2)8-7-15(11-17)6-3-9-19-14-10-12(16)4-5-13(14)15/h4-5,10H,3,6-9,11,17H2,1-2H3. The minimum absolute atomic E-state index is 0.0934. The topological polar surface area (TPSA) is 38.5 Å². The first-order valence-electron chi connectivity index (χ1n) is 6.85. The molecule has 1 aromatic rings. The first kappa shape index (κ1) is 14.3. The monoisotopic (exact) mass is 266 g/mol. The summed E-state index contributed by atoms with van der Waals surface area (Å²) in [4.78, 5) is 2.16. The van der Waals surface area contributed by atoms with Crippen molar-refractivity contribution in [3.63, 3.8) is 0 Å². The summed E-state index contributed by atoms with van der Waals surface area (Å²) < 4.78 is 19.1. The summed E-state index contributed by atoms with van der Waals surface area (Å²) in [6.07, 6.45) is 2.93. The highest BCUT2D eigenvalue weighted by molar-refractivity contribution is 5.41. The number of nitrogens with zero attached hydrogens (tertiary/aromatic N) is 1. The molecule has 1 heterocycles. The molecule has 0 aromatic heterocycles. The molecule has 1 aliphatic rings. The Balaban J connectivity index is 2.37. The Kier molecular flexibility index (Phi) is 4.42. The van der Waals surface area contributed by atoms with E-state index in [1.807, 2.05) is 6.07 Å². The lowest BCUT2D eigenvalue weighted by molar-refractivity contribution is 0.290. The summed E-state index contributed by atoms with van der Waals surface area (Å²) in [6.45, 7) is 2.18. The lowest BCUT2D eigenvalue weighted by Gasteiger charge is -2.33. The zero-order valence-electron chi connectivity index (χ0n) is 11.8. The van der Waals surface area contributed by atoms with Crippen LogP contribution in [0.2, 0.25) is 0 Å². The number of nitrogens with two attached hydrogens (primary N) is 1. The van der Waals surface area contributed by atoms with Gasteiger partial charge in [-0.1, -0.05) is 6.07 Å². The maximum atomic E-state index is 13.4. The number of rotatable bonds is 4. The van der Waals surface area contributed by atoms with Crippen molar-refractivity contribution in [1.82, 2.24) is 4.90 Å². The van der Waals surface area contributed by atoms with E-state index in [1.54, 1.807) is 0 Å². The van der Waals surface area contributed by atoms with Gasteiger partial charge in [-0.15, -0.1) is 0 Å². The van der Waals surface area contributed by atoms with Crippen molar-refractivity contribution in [2.75, 3.05) is 33.8 Å². The number of halogens is 1. The summed E-state index contributed by atoms with van der Waals surface area (Å²) in [5.74, 6) is 0.417. The van der Waals surface area contributed by atoms with Gasteiger partial charge in [0.2, 0.25) is 0 Å². The van der Waals surface area contributed by atoms with E-state index >= 15 is 0 Å². The van der Waals surface area contributed by atoms with Crippen molar-refractivity contribution >= 4 is 0 Å². The molecule has 19 heavy (non-hydrogen) atoms. The van der Waals surface area contributed by atoms with Crippen molar-refractivity contribution < 1.29 is 9.13 Å². The van der Waals surface area contributed by atoms with Crippen LogP contribution in [-0.2, 0) is 5.41 Å². The Labute approximate surface area is 114 Å². The molecule has 1 aliphatic heterocycles. The van der Waals surface area contributed by atoms with Gasteiger partial charge in [0.25, 0.3) is 0 Å². The quantitative estimate of drug-likeness (QED) is 0.907. The highest BCUT2D eigenvalue weighted by Crippen LogP contribution is 2.40. The SMILES string of the molecule is CN(C)CCC1(CN)CCCOc2cc(F)ccc21. The van der Waals surface area contributed by atoms with Crippen molar-refractivity contribution in [2.24, 2.45) is 5.73 Å². The Morgan fingerprint density at radius 1 is 1.42 bits per heavy atom. The fourth-order valence-corrected chi connectivity index (χ4v) is 2.79. The maximum Gasteiger partial charge on any atom is 0.126 e. The van der Waals surface area contributed by atoms with Gasteiger partial charge in [-0.2, -0.15) is 0 Å². The zero-order valence-corrected chi connectivity index (χ0v) is 11.8. The number of benzene rings is 1. The van der Waals surface area contributed by atoms with E-state index in [2.05, 4.69) is 19.0 Å². The van der Waals surface area contributed by atoms with Gasteiger partial charge in [0.05, 0.1) is 6.61 Å². The van der Waals surface area contributed by atoms with Crippen LogP contribution in [-0.4, -0.2) is 38.7 Å². The largest absolute Gasteiger partial charge is 0.493 e. The van der Waals surface area contributed by atoms with Crippen LogP contribution < -0.4 is 10.5 Å². The lowest BCUT2D eigenvalue weighted by atomic mass is 9.74. The minimum Gasteiger partial charge on any atom is -0.493 e. The average molecular weight is 266 g/mol. The highest BCUT2D eigenvalue weighted by Gasteiger charge is 2.35. The number of fused-ring (bicyclic) bond motifs is 1. The number of hydrogen-bond donors (Lipinski definition) is 1. The first-order valence-corrected chi connectivity index (χ1v) is 6.85. The van der Waals surface area contributed by atoms with Crippen molar-refractivity contribution in [3.8, 4) is 5.75 Å². The van der Waals surface area contributed by atoms with Gasteiger partial charge in [-0.05, 0) is 46.0 Å². The Bertz CT molecular complexity index is 436. The van der Waals surface area contributed by atoms with E-state index in [0.717, 1.165) is 31.4 Å². The third kappa shape index (κ3) is 3.07. The predicted octanol–water partition coefficient (Wildman–Crippen LogP) is 2.15. The smallest absolute Gasteiger partial charge is 0.126 e. The summed E-state index contributed by atoms with van der Waals surface area (Å²) in [5, 5.41) is 0. The van der Waals surface area contributed by atoms with Gasteiger partial charge < -0.3 is 15.4 Å². The molecule has 0 spiro atoms. The van der Waals surface area contributed by atoms with Crippen molar-refractivity contribution in [2.45, 2.75) is 24.7 Å². The molecule has 1 atom stereocenters. The maximum absolute atomic E-state index is 13.4. The molecule has 3 nitrogen and oxygen atoms in total. The van der Waals surface area contributed by atoms with Crippen molar-refractivity contribution in [3.05, 3.63) is 29.6 Å². The molecule has 4 heteroatoms. The predicted molar refractivity (Wildman–Crippen MR) is 75.0 cm³/mol. The molecule has 0 saturated carbocycles. The molecule has 0 radical (unpaired) electrons. The van der Waals surface area contributed by atoms with E-state index in [4.69, 9.17) is 10.5 Å². The highest BCUT2D eigenvalue weighted by atomic mass is 19.1. The fourth-order valence-electron chi connectivity index (χ4n) is 2.79. The third-order valence-corrected chi connectivity index (χ3v) is 4.00. The van der Waals surface area contributed by atoms with Gasteiger partial charge in [0.1, 0.15) is 11.6 Å². The molecule has 0 bridgehead atoms. The molecule has 1 aromatic carbocycles. The van der Waals surface area contributed by atoms with Gasteiger partial charge in [-0.3, -0.25) is 0 Å². The van der Waals surface area contributed by atoms with Crippen LogP contribution in [0.5, 0.6) is 5.75 Å². The summed E-state index contributed by atoms with van der Waals surface area (Å²) in [6, 6.07) is 4.84. The average Bonchev–Trinajstić information content (AvgIpc) is 2.56. The molecule has 0 saturated heterocycles. The van der Waals surface area contributed by atoms with Crippen LogP contribution in [0.4, 0.5) is 4.39 Å². The van der Waals surface area contributed by atoms with Crippen LogP contribution in [0.3, 0.4) is 0 Å². The molecule has 0 fully saturated rings. The molecular formula is C15H23FN2O. The molecule has 106 valence electrons. The van der Waals surface area contributed by atoms with E-state index in [-0.39, 0.29) is 11.2 Å². The van der Waals surface area contributed by atoms with Crippen LogP contribution in [0.15, 0.2) is 18.2 Å². The van der Waals surface area contributed by atoms with E-state index in [1.165, 1.54) is 12.1 Å². The van der Waals surface area contributed by atoms with Crippen LogP contribution in [0, 0.1) is 5.82 Å². The molecule has 1 unspecified atom stereocenters. The molecular weight excluding hydrogens is 243 g/mol. The van der Waals surface area contributed by atoms with Crippen LogP contribution in [0.1, 0.15) is 24.8 Å². The fraction of sp³-hybridized carbons (Fsp3) is 0.600. The first-order chi connectivity index (χ1) is 9.07. The van der Waals surface area contributed by atoms with Gasteiger partial charge >= 0.3 is 0 Å². The van der Waals surface area contributed by atoms with Crippen molar-refractivity contribution in [1.29, 1.82) is 0 Å². The summed E-state index contributed by atoms with van der Waals surface area (Å²) >= 11 is 0. The van der Waals surface area contributed by atoms with Crippen LogP contribution >= 0.6 is 0 Å². The third-order valence-electron chi connectivity index (χ3n) is 4.00. The second kappa shape index (κ2) is 5.88.